The lowest BCUT2D eigenvalue weighted by atomic mass is 10.0. The average Bonchev–Trinajstić information content (AvgIpc) is 2.13. The summed E-state index contributed by atoms with van der Waals surface area (Å²) in [5.74, 6) is -0.318. The number of nitrogens with two attached hydrogens (primary N) is 1. The van der Waals surface area contributed by atoms with Gasteiger partial charge in [-0.25, -0.2) is 4.39 Å². The molecule has 1 aromatic carbocycles. The number of rotatable bonds is 1. The summed E-state index contributed by atoms with van der Waals surface area (Å²) in [6.07, 6.45) is 0.613. The van der Waals surface area contributed by atoms with Crippen molar-refractivity contribution in [3.63, 3.8) is 0 Å². The van der Waals surface area contributed by atoms with E-state index in [0.29, 0.717) is 22.6 Å². The highest BCUT2D eigenvalue weighted by Gasteiger charge is 2.15. The number of anilines is 1. The lowest BCUT2D eigenvalue weighted by Crippen LogP contribution is -2.03. The van der Waals surface area contributed by atoms with Gasteiger partial charge in [-0.3, -0.25) is 0 Å². The zero-order valence-electron chi connectivity index (χ0n) is 8.04. The number of nitrogen functional groups attached to an aromatic ring is 1. The van der Waals surface area contributed by atoms with Crippen LogP contribution in [0.25, 0.3) is 0 Å². The van der Waals surface area contributed by atoms with Gasteiger partial charge in [-0.1, -0.05) is 18.5 Å². The standard InChI is InChI=1S/C10H13ClFN/c1-4-7-5(2)8(11)6(3)10(13)9(7)12/h4,13H2,1-3H3. The second kappa shape index (κ2) is 3.54. The van der Waals surface area contributed by atoms with Crippen LogP contribution in [0.1, 0.15) is 23.6 Å². The minimum absolute atomic E-state index is 0.174. The molecular formula is C10H13ClFN. The van der Waals surface area contributed by atoms with E-state index in [4.69, 9.17) is 17.3 Å². The molecule has 0 aliphatic rings. The molecule has 0 bridgehead atoms. The van der Waals surface area contributed by atoms with Crippen molar-refractivity contribution in [2.45, 2.75) is 27.2 Å². The quantitative estimate of drug-likeness (QED) is 0.694. The fraction of sp³-hybridized carbons (Fsp3) is 0.400. The normalized spacial score (nSPS) is 10.5. The van der Waals surface area contributed by atoms with Gasteiger partial charge in [0.15, 0.2) is 0 Å². The van der Waals surface area contributed by atoms with Crippen LogP contribution in [-0.4, -0.2) is 0 Å². The van der Waals surface area contributed by atoms with Gasteiger partial charge < -0.3 is 5.73 Å². The highest BCUT2D eigenvalue weighted by molar-refractivity contribution is 6.32. The summed E-state index contributed by atoms with van der Waals surface area (Å²) in [6.45, 7) is 5.43. The van der Waals surface area contributed by atoms with Gasteiger partial charge in [0.05, 0.1) is 5.69 Å². The van der Waals surface area contributed by atoms with Gasteiger partial charge in [-0.05, 0) is 37.0 Å². The van der Waals surface area contributed by atoms with Gasteiger partial charge in [0.25, 0.3) is 0 Å². The number of benzene rings is 1. The van der Waals surface area contributed by atoms with Gasteiger partial charge in [0, 0.05) is 5.02 Å². The van der Waals surface area contributed by atoms with E-state index in [1.807, 2.05) is 13.8 Å². The summed E-state index contributed by atoms with van der Waals surface area (Å²) in [7, 11) is 0. The molecule has 2 N–H and O–H groups in total. The van der Waals surface area contributed by atoms with E-state index >= 15 is 0 Å². The lowest BCUT2D eigenvalue weighted by molar-refractivity contribution is 0.614. The van der Waals surface area contributed by atoms with Crippen molar-refractivity contribution in [1.29, 1.82) is 0 Å². The van der Waals surface area contributed by atoms with Crippen molar-refractivity contribution >= 4 is 17.3 Å². The Labute approximate surface area is 82.7 Å². The topological polar surface area (TPSA) is 26.0 Å². The monoisotopic (exact) mass is 201 g/mol. The first-order chi connectivity index (χ1) is 6.00. The molecule has 72 valence electrons. The third-order valence-electron chi connectivity index (χ3n) is 2.37. The Morgan fingerprint density at radius 3 is 2.31 bits per heavy atom. The first kappa shape index (κ1) is 10.3. The molecule has 0 unspecified atom stereocenters. The van der Waals surface area contributed by atoms with Crippen molar-refractivity contribution in [3.8, 4) is 0 Å². The zero-order chi connectivity index (χ0) is 10.2. The Bertz CT molecular complexity index is 318. The molecule has 0 radical (unpaired) electrons. The first-order valence-corrected chi connectivity index (χ1v) is 4.61. The van der Waals surface area contributed by atoms with Crippen LogP contribution in [0.2, 0.25) is 5.02 Å². The molecule has 1 rings (SSSR count). The molecule has 0 saturated carbocycles. The molecule has 0 amide bonds. The van der Waals surface area contributed by atoms with E-state index in [2.05, 4.69) is 0 Å². The number of hydrogen-bond acceptors (Lipinski definition) is 1. The fourth-order valence-electron chi connectivity index (χ4n) is 1.44. The molecule has 0 atom stereocenters. The molecule has 0 aliphatic heterocycles. The summed E-state index contributed by atoms with van der Waals surface area (Å²) < 4.78 is 13.5. The molecule has 1 aromatic rings. The highest BCUT2D eigenvalue weighted by Crippen LogP contribution is 2.31. The van der Waals surface area contributed by atoms with Gasteiger partial charge in [0.2, 0.25) is 0 Å². The fourth-order valence-corrected chi connectivity index (χ4v) is 1.66. The third-order valence-corrected chi connectivity index (χ3v) is 2.94. The van der Waals surface area contributed by atoms with Crippen molar-refractivity contribution in [2.24, 2.45) is 0 Å². The van der Waals surface area contributed by atoms with Crippen LogP contribution in [0.5, 0.6) is 0 Å². The number of halogens is 2. The maximum atomic E-state index is 13.5. The van der Waals surface area contributed by atoms with E-state index in [0.717, 1.165) is 5.56 Å². The van der Waals surface area contributed by atoms with Crippen molar-refractivity contribution in [1.82, 2.24) is 0 Å². The predicted octanol–water partition coefficient (Wildman–Crippen LogP) is 3.24. The largest absolute Gasteiger partial charge is 0.396 e. The predicted molar refractivity (Wildman–Crippen MR) is 54.7 cm³/mol. The third kappa shape index (κ3) is 1.51. The van der Waals surface area contributed by atoms with E-state index in [1.54, 1.807) is 6.92 Å². The maximum absolute atomic E-state index is 13.5. The number of hydrogen-bond donors (Lipinski definition) is 1. The molecule has 0 aliphatic carbocycles. The van der Waals surface area contributed by atoms with Crippen molar-refractivity contribution < 1.29 is 4.39 Å². The Kier molecular flexibility index (Phi) is 2.81. The first-order valence-electron chi connectivity index (χ1n) is 4.23. The Hall–Kier alpha value is -0.760. The second-order valence-corrected chi connectivity index (χ2v) is 3.50. The maximum Gasteiger partial charge on any atom is 0.149 e. The zero-order valence-corrected chi connectivity index (χ0v) is 8.80. The Balaban J connectivity index is 3.56. The molecule has 0 saturated heterocycles. The Morgan fingerprint density at radius 1 is 1.31 bits per heavy atom. The van der Waals surface area contributed by atoms with Crippen LogP contribution >= 0.6 is 11.6 Å². The molecular weight excluding hydrogens is 189 g/mol. The molecule has 3 heteroatoms. The smallest absolute Gasteiger partial charge is 0.149 e. The van der Waals surface area contributed by atoms with Gasteiger partial charge >= 0.3 is 0 Å². The molecule has 1 nitrogen and oxygen atoms in total. The van der Waals surface area contributed by atoms with E-state index in [-0.39, 0.29) is 11.5 Å². The second-order valence-electron chi connectivity index (χ2n) is 3.12. The van der Waals surface area contributed by atoms with Gasteiger partial charge in [0.1, 0.15) is 5.82 Å². The average molecular weight is 202 g/mol. The SMILES string of the molecule is CCc1c(C)c(Cl)c(C)c(N)c1F. The molecule has 0 spiro atoms. The van der Waals surface area contributed by atoms with Crippen LogP contribution in [0, 0.1) is 19.7 Å². The molecule has 13 heavy (non-hydrogen) atoms. The van der Waals surface area contributed by atoms with Crippen LogP contribution in [0.4, 0.5) is 10.1 Å². The summed E-state index contributed by atoms with van der Waals surface area (Å²) in [4.78, 5) is 0. The summed E-state index contributed by atoms with van der Waals surface area (Å²) in [5, 5.41) is 0.579. The van der Waals surface area contributed by atoms with Crippen LogP contribution in [0.15, 0.2) is 0 Å². The minimum atomic E-state index is -0.318. The lowest BCUT2D eigenvalue weighted by Gasteiger charge is -2.12. The summed E-state index contributed by atoms with van der Waals surface area (Å²) in [6, 6.07) is 0. The van der Waals surface area contributed by atoms with Crippen molar-refractivity contribution in [3.05, 3.63) is 27.5 Å². The molecule has 0 aromatic heterocycles. The molecule has 0 heterocycles. The van der Waals surface area contributed by atoms with Crippen molar-refractivity contribution in [2.75, 3.05) is 5.73 Å². The van der Waals surface area contributed by atoms with Crippen LogP contribution < -0.4 is 5.73 Å². The Morgan fingerprint density at radius 2 is 1.85 bits per heavy atom. The minimum Gasteiger partial charge on any atom is -0.396 e. The van der Waals surface area contributed by atoms with E-state index < -0.39 is 0 Å². The van der Waals surface area contributed by atoms with E-state index in [9.17, 15) is 4.39 Å². The van der Waals surface area contributed by atoms with Crippen LogP contribution in [0.3, 0.4) is 0 Å². The summed E-state index contributed by atoms with van der Waals surface area (Å²) >= 11 is 5.99. The highest BCUT2D eigenvalue weighted by atomic mass is 35.5. The molecule has 0 fully saturated rings. The van der Waals surface area contributed by atoms with E-state index in [1.165, 1.54) is 0 Å². The van der Waals surface area contributed by atoms with Gasteiger partial charge in [-0.2, -0.15) is 0 Å². The van der Waals surface area contributed by atoms with Crippen LogP contribution in [-0.2, 0) is 6.42 Å². The van der Waals surface area contributed by atoms with Gasteiger partial charge in [-0.15, -0.1) is 0 Å². The summed E-state index contributed by atoms with van der Waals surface area (Å²) in [5.41, 5.74) is 7.79.